The first kappa shape index (κ1) is 18.7. The normalized spacial score (nSPS) is 12.6. The molecule has 128 valence electrons. The first-order valence-electron chi connectivity index (χ1n) is 7.08. The maximum absolute atomic E-state index is 12.2. The van der Waals surface area contributed by atoms with Gasteiger partial charge >= 0.3 is 0 Å². The average Bonchev–Trinajstić information content (AvgIpc) is 2.54. The van der Waals surface area contributed by atoms with Crippen LogP contribution in [0.2, 0.25) is 10.0 Å². The second kappa shape index (κ2) is 7.98. The van der Waals surface area contributed by atoms with Gasteiger partial charge in [-0.2, -0.15) is 4.72 Å². The van der Waals surface area contributed by atoms with Crippen LogP contribution in [0.1, 0.15) is 12.5 Å². The highest BCUT2D eigenvalue weighted by Gasteiger charge is 2.21. The third-order valence-electron chi connectivity index (χ3n) is 3.23. The standard InChI is InChI=1S/C16H16Cl2N2O3S/c1-11(16(21)19-10-12-2-4-13(17)5-3-12)20-24(22,23)15-8-6-14(18)7-9-15/h2-9,11,20H,10H2,1H3,(H,19,21)/t11-/m1/s1. The van der Waals surface area contributed by atoms with Crippen LogP contribution in [0.5, 0.6) is 0 Å². The van der Waals surface area contributed by atoms with Crippen molar-refractivity contribution in [2.75, 3.05) is 0 Å². The SMILES string of the molecule is C[C@@H](NS(=O)(=O)c1ccc(Cl)cc1)C(=O)NCc1ccc(Cl)cc1. The van der Waals surface area contributed by atoms with E-state index in [1.165, 1.54) is 31.2 Å². The molecule has 0 spiro atoms. The molecule has 2 rings (SSSR count). The van der Waals surface area contributed by atoms with Crippen LogP contribution in [-0.2, 0) is 21.4 Å². The molecule has 0 aliphatic carbocycles. The lowest BCUT2D eigenvalue weighted by molar-refractivity contribution is -0.122. The fourth-order valence-electron chi connectivity index (χ4n) is 1.91. The second-order valence-electron chi connectivity index (χ2n) is 5.14. The third-order valence-corrected chi connectivity index (χ3v) is 5.29. The van der Waals surface area contributed by atoms with E-state index < -0.39 is 22.0 Å². The number of nitrogens with one attached hydrogen (secondary N) is 2. The maximum atomic E-state index is 12.2. The molecule has 5 nitrogen and oxygen atoms in total. The molecule has 0 saturated carbocycles. The van der Waals surface area contributed by atoms with Gasteiger partial charge in [0.1, 0.15) is 0 Å². The number of hydrogen-bond donors (Lipinski definition) is 2. The van der Waals surface area contributed by atoms with Crippen molar-refractivity contribution in [3.8, 4) is 0 Å². The zero-order chi connectivity index (χ0) is 17.7. The van der Waals surface area contributed by atoms with Gasteiger partial charge in [0, 0.05) is 16.6 Å². The predicted octanol–water partition coefficient (Wildman–Crippen LogP) is 2.98. The molecule has 0 aliphatic rings. The molecule has 0 bridgehead atoms. The Morgan fingerprint density at radius 3 is 2.04 bits per heavy atom. The van der Waals surface area contributed by atoms with Crippen molar-refractivity contribution in [3.63, 3.8) is 0 Å². The molecule has 2 aromatic rings. The van der Waals surface area contributed by atoms with Crippen LogP contribution in [0.4, 0.5) is 0 Å². The fourth-order valence-corrected chi connectivity index (χ4v) is 3.37. The van der Waals surface area contributed by atoms with Crippen LogP contribution in [0, 0.1) is 0 Å². The van der Waals surface area contributed by atoms with Crippen molar-refractivity contribution >= 4 is 39.1 Å². The smallest absolute Gasteiger partial charge is 0.241 e. The monoisotopic (exact) mass is 386 g/mol. The Balaban J connectivity index is 1.95. The summed E-state index contributed by atoms with van der Waals surface area (Å²) in [6.45, 7) is 1.76. The molecule has 0 heterocycles. The Labute approximate surface area is 151 Å². The number of amides is 1. The first-order chi connectivity index (χ1) is 11.3. The number of benzene rings is 2. The van der Waals surface area contributed by atoms with Crippen LogP contribution in [0.25, 0.3) is 0 Å². The molecule has 0 saturated heterocycles. The summed E-state index contributed by atoms with van der Waals surface area (Å²) in [5, 5.41) is 3.71. The lowest BCUT2D eigenvalue weighted by Crippen LogP contribution is -2.44. The van der Waals surface area contributed by atoms with Gasteiger partial charge in [-0.25, -0.2) is 8.42 Å². The largest absolute Gasteiger partial charge is 0.351 e. The van der Waals surface area contributed by atoms with Crippen molar-refractivity contribution in [2.24, 2.45) is 0 Å². The summed E-state index contributed by atoms with van der Waals surface area (Å²) in [4.78, 5) is 12.1. The van der Waals surface area contributed by atoms with Gasteiger partial charge in [0.05, 0.1) is 10.9 Å². The van der Waals surface area contributed by atoms with Crippen molar-refractivity contribution in [1.29, 1.82) is 0 Å². The van der Waals surface area contributed by atoms with E-state index in [4.69, 9.17) is 23.2 Å². The van der Waals surface area contributed by atoms with E-state index in [-0.39, 0.29) is 11.4 Å². The van der Waals surface area contributed by atoms with E-state index in [2.05, 4.69) is 10.0 Å². The molecule has 0 unspecified atom stereocenters. The second-order valence-corrected chi connectivity index (χ2v) is 7.73. The topological polar surface area (TPSA) is 75.3 Å². The van der Waals surface area contributed by atoms with E-state index in [9.17, 15) is 13.2 Å². The Hall–Kier alpha value is -1.60. The summed E-state index contributed by atoms with van der Waals surface area (Å²) in [5.41, 5.74) is 0.862. The van der Waals surface area contributed by atoms with E-state index in [0.29, 0.717) is 10.0 Å². The summed E-state index contributed by atoms with van der Waals surface area (Å²) in [7, 11) is -3.80. The zero-order valence-corrected chi connectivity index (χ0v) is 15.1. The predicted molar refractivity (Wildman–Crippen MR) is 94.5 cm³/mol. The number of sulfonamides is 1. The van der Waals surface area contributed by atoms with Crippen LogP contribution in [0.3, 0.4) is 0 Å². The molecule has 24 heavy (non-hydrogen) atoms. The molecule has 0 fully saturated rings. The van der Waals surface area contributed by atoms with Crippen molar-refractivity contribution in [2.45, 2.75) is 24.4 Å². The molecule has 2 aromatic carbocycles. The quantitative estimate of drug-likeness (QED) is 0.800. The molecular formula is C16H16Cl2N2O3S. The lowest BCUT2D eigenvalue weighted by atomic mass is 10.2. The number of carbonyl (C=O) groups excluding carboxylic acids is 1. The molecule has 0 aromatic heterocycles. The Kier molecular flexibility index (Phi) is 6.23. The highest BCUT2D eigenvalue weighted by Crippen LogP contribution is 2.14. The van der Waals surface area contributed by atoms with Gasteiger partial charge in [-0.1, -0.05) is 35.3 Å². The molecule has 0 radical (unpaired) electrons. The molecule has 0 aliphatic heterocycles. The van der Waals surface area contributed by atoms with Crippen LogP contribution in [-0.4, -0.2) is 20.4 Å². The first-order valence-corrected chi connectivity index (χ1v) is 9.32. The molecular weight excluding hydrogens is 371 g/mol. The molecule has 2 N–H and O–H groups in total. The van der Waals surface area contributed by atoms with E-state index in [0.717, 1.165) is 5.56 Å². The minimum atomic E-state index is -3.80. The number of rotatable bonds is 6. The van der Waals surface area contributed by atoms with Gasteiger partial charge in [0.25, 0.3) is 0 Å². The zero-order valence-electron chi connectivity index (χ0n) is 12.8. The van der Waals surface area contributed by atoms with E-state index in [1.807, 2.05) is 0 Å². The van der Waals surface area contributed by atoms with Gasteiger partial charge in [0.15, 0.2) is 0 Å². The van der Waals surface area contributed by atoms with E-state index >= 15 is 0 Å². The summed E-state index contributed by atoms with van der Waals surface area (Å²) in [5.74, 6) is -0.428. The fraction of sp³-hybridized carbons (Fsp3) is 0.188. The summed E-state index contributed by atoms with van der Waals surface area (Å²) < 4.78 is 26.8. The van der Waals surface area contributed by atoms with Gasteiger partial charge < -0.3 is 5.32 Å². The third kappa shape index (κ3) is 5.21. The lowest BCUT2D eigenvalue weighted by Gasteiger charge is -2.14. The maximum Gasteiger partial charge on any atom is 0.241 e. The van der Waals surface area contributed by atoms with Gasteiger partial charge in [-0.05, 0) is 48.9 Å². The number of halogens is 2. The van der Waals surface area contributed by atoms with Crippen molar-refractivity contribution in [3.05, 3.63) is 64.1 Å². The summed E-state index contributed by atoms with van der Waals surface area (Å²) >= 11 is 11.5. The average molecular weight is 387 g/mol. The summed E-state index contributed by atoms with van der Waals surface area (Å²) in [6.07, 6.45) is 0. The molecule has 1 amide bonds. The Morgan fingerprint density at radius 2 is 1.50 bits per heavy atom. The van der Waals surface area contributed by atoms with Crippen molar-refractivity contribution < 1.29 is 13.2 Å². The number of hydrogen-bond acceptors (Lipinski definition) is 3. The minimum absolute atomic E-state index is 0.0456. The van der Waals surface area contributed by atoms with Gasteiger partial charge in [-0.3, -0.25) is 4.79 Å². The Bertz CT molecular complexity index is 806. The minimum Gasteiger partial charge on any atom is -0.351 e. The van der Waals surface area contributed by atoms with Crippen LogP contribution < -0.4 is 10.0 Å². The Morgan fingerprint density at radius 1 is 1.00 bits per heavy atom. The van der Waals surface area contributed by atoms with Crippen LogP contribution in [0.15, 0.2) is 53.4 Å². The highest BCUT2D eigenvalue weighted by molar-refractivity contribution is 7.89. The van der Waals surface area contributed by atoms with Gasteiger partial charge in [-0.15, -0.1) is 0 Å². The molecule has 1 atom stereocenters. The summed E-state index contributed by atoms with van der Waals surface area (Å²) in [6, 6.07) is 11.8. The number of carbonyl (C=O) groups is 1. The van der Waals surface area contributed by atoms with Crippen molar-refractivity contribution in [1.82, 2.24) is 10.0 Å². The van der Waals surface area contributed by atoms with Gasteiger partial charge in [0.2, 0.25) is 15.9 Å². The van der Waals surface area contributed by atoms with E-state index in [1.54, 1.807) is 24.3 Å². The highest BCUT2D eigenvalue weighted by atomic mass is 35.5. The van der Waals surface area contributed by atoms with Crippen LogP contribution >= 0.6 is 23.2 Å². The molecule has 8 heteroatoms.